The summed E-state index contributed by atoms with van der Waals surface area (Å²) < 4.78 is 10.4. The number of unbranched alkanes of at least 4 members (excludes halogenated alkanes) is 8. The fourth-order valence-electron chi connectivity index (χ4n) is 2.35. The lowest BCUT2D eigenvalue weighted by Crippen LogP contribution is -2.22. The summed E-state index contributed by atoms with van der Waals surface area (Å²) in [7, 11) is 0. The second-order valence-electron chi connectivity index (χ2n) is 6.72. The predicted octanol–water partition coefficient (Wildman–Crippen LogP) is 6.37. The van der Waals surface area contributed by atoms with Gasteiger partial charge in [0, 0.05) is 12.8 Å². The molecule has 0 N–H and O–H groups in total. The Morgan fingerprint density at radius 1 is 0.846 bits per heavy atom. The standard InChI is InChI=1S/C19H36O4.C3H6/c1-4-6-8-10-12-14-18(20)22-16-17(3)23-19(21)15-13-11-9-7-5-2;1-3-2/h17H,4-16H2,1-3H3;3H,1H2,2H3. The molecule has 0 saturated heterocycles. The van der Waals surface area contributed by atoms with E-state index in [1.54, 1.807) is 13.0 Å². The van der Waals surface area contributed by atoms with Crippen LogP contribution in [-0.2, 0) is 19.1 Å². The number of hydrogen-bond acceptors (Lipinski definition) is 4. The molecule has 4 heteroatoms. The number of carbonyl (C=O) groups is 2. The van der Waals surface area contributed by atoms with Crippen molar-refractivity contribution in [1.82, 2.24) is 0 Å². The monoisotopic (exact) mass is 370 g/mol. The maximum absolute atomic E-state index is 11.6. The first-order chi connectivity index (χ1) is 12.5. The van der Waals surface area contributed by atoms with Crippen molar-refractivity contribution >= 4 is 11.9 Å². The lowest BCUT2D eigenvalue weighted by Gasteiger charge is -2.13. The normalized spacial score (nSPS) is 11.1. The van der Waals surface area contributed by atoms with Gasteiger partial charge in [-0.2, -0.15) is 0 Å². The largest absolute Gasteiger partial charge is 0.462 e. The van der Waals surface area contributed by atoms with Crippen LogP contribution >= 0.6 is 0 Å². The minimum absolute atomic E-state index is 0.162. The Morgan fingerprint density at radius 2 is 1.27 bits per heavy atom. The van der Waals surface area contributed by atoms with Crippen LogP contribution in [0.5, 0.6) is 0 Å². The van der Waals surface area contributed by atoms with Crippen LogP contribution in [0.1, 0.15) is 105 Å². The van der Waals surface area contributed by atoms with Gasteiger partial charge in [0.1, 0.15) is 12.7 Å². The molecule has 1 unspecified atom stereocenters. The third kappa shape index (κ3) is 22.7. The molecule has 0 aromatic rings. The first kappa shape index (κ1) is 26.9. The SMILES string of the molecule is C=CC.CCCCCCCC(=O)OCC(C)OC(=O)CCCCCCC. The molecule has 0 radical (unpaired) electrons. The highest BCUT2D eigenvalue weighted by Gasteiger charge is 2.12. The van der Waals surface area contributed by atoms with Crippen LogP contribution < -0.4 is 0 Å². The number of esters is 2. The van der Waals surface area contributed by atoms with Crippen LogP contribution in [0.4, 0.5) is 0 Å². The van der Waals surface area contributed by atoms with Crippen molar-refractivity contribution in [2.24, 2.45) is 0 Å². The lowest BCUT2D eigenvalue weighted by molar-refractivity contribution is -0.158. The van der Waals surface area contributed by atoms with Crippen LogP contribution in [0.3, 0.4) is 0 Å². The van der Waals surface area contributed by atoms with Crippen molar-refractivity contribution in [1.29, 1.82) is 0 Å². The predicted molar refractivity (Wildman–Crippen MR) is 109 cm³/mol. The molecule has 0 aromatic heterocycles. The van der Waals surface area contributed by atoms with E-state index in [9.17, 15) is 9.59 Å². The molecule has 0 heterocycles. The molecule has 0 amide bonds. The van der Waals surface area contributed by atoms with Crippen molar-refractivity contribution in [3.63, 3.8) is 0 Å². The van der Waals surface area contributed by atoms with Crippen LogP contribution in [0.15, 0.2) is 12.7 Å². The number of rotatable bonds is 15. The van der Waals surface area contributed by atoms with E-state index >= 15 is 0 Å². The fraction of sp³-hybridized carbons (Fsp3) is 0.818. The van der Waals surface area contributed by atoms with Gasteiger partial charge < -0.3 is 9.47 Å². The molecule has 0 bridgehead atoms. The molecule has 0 aliphatic heterocycles. The first-order valence-electron chi connectivity index (χ1n) is 10.4. The van der Waals surface area contributed by atoms with Gasteiger partial charge in [0.15, 0.2) is 0 Å². The Hall–Kier alpha value is -1.32. The van der Waals surface area contributed by atoms with E-state index in [4.69, 9.17) is 9.47 Å². The summed E-state index contributed by atoms with van der Waals surface area (Å²) in [5.41, 5.74) is 0. The molecular weight excluding hydrogens is 328 g/mol. The van der Waals surface area contributed by atoms with E-state index in [0.29, 0.717) is 12.8 Å². The Kier molecular flexibility index (Phi) is 22.5. The van der Waals surface area contributed by atoms with Crippen LogP contribution in [0.25, 0.3) is 0 Å². The van der Waals surface area contributed by atoms with E-state index in [1.165, 1.54) is 38.5 Å². The average Bonchev–Trinajstić information content (AvgIpc) is 2.60. The molecule has 0 rings (SSSR count). The van der Waals surface area contributed by atoms with Crippen molar-refractivity contribution in [3.8, 4) is 0 Å². The van der Waals surface area contributed by atoms with E-state index in [0.717, 1.165) is 25.7 Å². The van der Waals surface area contributed by atoms with E-state index in [1.807, 2.05) is 6.92 Å². The minimum Gasteiger partial charge on any atom is -0.462 e. The smallest absolute Gasteiger partial charge is 0.306 e. The number of hydrogen-bond donors (Lipinski definition) is 0. The quantitative estimate of drug-likeness (QED) is 0.191. The average molecular weight is 371 g/mol. The zero-order chi connectivity index (χ0) is 20.0. The summed E-state index contributed by atoms with van der Waals surface area (Å²) in [5, 5.41) is 0. The zero-order valence-electron chi connectivity index (χ0n) is 17.7. The fourth-order valence-corrected chi connectivity index (χ4v) is 2.35. The van der Waals surface area contributed by atoms with Crippen molar-refractivity contribution in [2.45, 2.75) is 111 Å². The maximum Gasteiger partial charge on any atom is 0.306 e. The van der Waals surface area contributed by atoms with Gasteiger partial charge in [0.2, 0.25) is 0 Å². The van der Waals surface area contributed by atoms with Gasteiger partial charge in [-0.25, -0.2) is 0 Å². The molecule has 4 nitrogen and oxygen atoms in total. The Balaban J connectivity index is 0. The Morgan fingerprint density at radius 3 is 1.73 bits per heavy atom. The van der Waals surface area contributed by atoms with Crippen molar-refractivity contribution in [3.05, 3.63) is 12.7 Å². The molecule has 0 aromatic carbocycles. The van der Waals surface area contributed by atoms with Gasteiger partial charge in [-0.05, 0) is 26.7 Å². The highest BCUT2D eigenvalue weighted by atomic mass is 16.6. The summed E-state index contributed by atoms with van der Waals surface area (Å²) in [5.74, 6) is -0.381. The Bertz CT molecular complexity index is 339. The van der Waals surface area contributed by atoms with Gasteiger partial charge in [-0.15, -0.1) is 6.58 Å². The van der Waals surface area contributed by atoms with E-state index in [2.05, 4.69) is 20.4 Å². The van der Waals surface area contributed by atoms with Gasteiger partial charge in [-0.3, -0.25) is 9.59 Å². The molecule has 26 heavy (non-hydrogen) atoms. The second kappa shape index (κ2) is 21.7. The second-order valence-corrected chi connectivity index (χ2v) is 6.72. The highest BCUT2D eigenvalue weighted by molar-refractivity contribution is 5.70. The highest BCUT2D eigenvalue weighted by Crippen LogP contribution is 2.08. The molecule has 154 valence electrons. The number of carbonyl (C=O) groups excluding carboxylic acids is 2. The van der Waals surface area contributed by atoms with Crippen LogP contribution in [0, 0.1) is 0 Å². The third-order valence-corrected chi connectivity index (χ3v) is 3.78. The minimum atomic E-state index is -0.359. The van der Waals surface area contributed by atoms with E-state index in [-0.39, 0.29) is 24.6 Å². The molecule has 0 saturated carbocycles. The van der Waals surface area contributed by atoms with Crippen LogP contribution in [-0.4, -0.2) is 24.6 Å². The first-order valence-corrected chi connectivity index (χ1v) is 10.4. The van der Waals surface area contributed by atoms with Crippen molar-refractivity contribution in [2.75, 3.05) is 6.61 Å². The maximum atomic E-state index is 11.6. The summed E-state index contributed by atoms with van der Waals surface area (Å²) >= 11 is 0. The molecule has 0 aliphatic rings. The Labute approximate surface area is 161 Å². The molecule has 1 atom stereocenters. The lowest BCUT2D eigenvalue weighted by atomic mass is 10.1. The summed E-state index contributed by atoms with van der Waals surface area (Å²) in [4.78, 5) is 23.2. The summed E-state index contributed by atoms with van der Waals surface area (Å²) in [6, 6.07) is 0. The van der Waals surface area contributed by atoms with Gasteiger partial charge in [0.05, 0.1) is 0 Å². The topological polar surface area (TPSA) is 52.6 Å². The van der Waals surface area contributed by atoms with Gasteiger partial charge in [0.25, 0.3) is 0 Å². The zero-order valence-corrected chi connectivity index (χ0v) is 17.7. The number of ether oxygens (including phenoxy) is 2. The van der Waals surface area contributed by atoms with Gasteiger partial charge >= 0.3 is 11.9 Å². The summed E-state index contributed by atoms with van der Waals surface area (Å²) in [6.07, 6.45) is 13.4. The molecule has 0 aliphatic carbocycles. The summed E-state index contributed by atoms with van der Waals surface area (Å²) in [6.45, 7) is 11.5. The van der Waals surface area contributed by atoms with Crippen LogP contribution in [0.2, 0.25) is 0 Å². The van der Waals surface area contributed by atoms with E-state index < -0.39 is 0 Å². The van der Waals surface area contributed by atoms with Gasteiger partial charge in [-0.1, -0.05) is 71.3 Å². The molecule has 0 spiro atoms. The third-order valence-electron chi connectivity index (χ3n) is 3.78. The number of allylic oxidation sites excluding steroid dienone is 1. The van der Waals surface area contributed by atoms with Crippen molar-refractivity contribution < 1.29 is 19.1 Å². The molecule has 0 fully saturated rings. The molecular formula is C22H42O4.